The topological polar surface area (TPSA) is 196 Å². The SMILES string of the molecule is CC(=O)O[C@H]1[C@H](O[C@@H]2[C@@H](O)[C@H](O)[C@@H](CO)O[C@@H]2O)O[C@H](CO)[C@@H](O)[C@@H]1O. The van der Waals surface area contributed by atoms with E-state index in [4.69, 9.17) is 24.1 Å². The minimum Gasteiger partial charge on any atom is -0.454 e. The van der Waals surface area contributed by atoms with Crippen molar-refractivity contribution in [3.05, 3.63) is 0 Å². The molecule has 12 nitrogen and oxygen atoms in total. The van der Waals surface area contributed by atoms with Gasteiger partial charge in [-0.1, -0.05) is 0 Å². The number of aliphatic hydroxyl groups excluding tert-OH is 7. The Morgan fingerprint density at radius 3 is 1.85 bits per heavy atom. The Labute approximate surface area is 148 Å². The van der Waals surface area contributed by atoms with Crippen LogP contribution in [0.2, 0.25) is 0 Å². The molecule has 0 aromatic rings. The molecule has 2 fully saturated rings. The van der Waals surface area contributed by atoms with Crippen molar-refractivity contribution in [3.63, 3.8) is 0 Å². The zero-order valence-electron chi connectivity index (χ0n) is 13.9. The molecule has 0 spiro atoms. The molecule has 10 atom stereocenters. The van der Waals surface area contributed by atoms with Crippen molar-refractivity contribution in [2.45, 2.75) is 68.3 Å². The third-order valence-corrected chi connectivity index (χ3v) is 4.26. The van der Waals surface area contributed by atoms with Gasteiger partial charge in [-0.25, -0.2) is 0 Å². The Hall–Kier alpha value is -0.930. The number of esters is 1. The fourth-order valence-corrected chi connectivity index (χ4v) is 2.86. The summed E-state index contributed by atoms with van der Waals surface area (Å²) in [5, 5.41) is 68.2. The van der Waals surface area contributed by atoms with Gasteiger partial charge in [0.05, 0.1) is 13.2 Å². The summed E-state index contributed by atoms with van der Waals surface area (Å²) in [5.41, 5.74) is 0. The van der Waals surface area contributed by atoms with Gasteiger partial charge in [0.25, 0.3) is 0 Å². The second-order valence-corrected chi connectivity index (χ2v) is 6.11. The molecule has 0 saturated carbocycles. The molecule has 26 heavy (non-hydrogen) atoms. The maximum Gasteiger partial charge on any atom is 0.303 e. The van der Waals surface area contributed by atoms with Crippen LogP contribution >= 0.6 is 0 Å². The fraction of sp³-hybridized carbons (Fsp3) is 0.929. The Morgan fingerprint density at radius 1 is 0.846 bits per heavy atom. The maximum absolute atomic E-state index is 11.2. The van der Waals surface area contributed by atoms with Gasteiger partial charge in [0.15, 0.2) is 18.7 Å². The minimum absolute atomic E-state index is 0.671. The Morgan fingerprint density at radius 2 is 1.35 bits per heavy atom. The lowest BCUT2D eigenvalue weighted by Gasteiger charge is -2.45. The highest BCUT2D eigenvalue weighted by Gasteiger charge is 2.51. The predicted octanol–water partition coefficient (Wildman–Crippen LogP) is -4.83. The van der Waals surface area contributed by atoms with Gasteiger partial charge in [-0.15, -0.1) is 0 Å². The highest BCUT2D eigenvalue weighted by Crippen LogP contribution is 2.29. The second kappa shape index (κ2) is 8.84. The monoisotopic (exact) mass is 384 g/mol. The summed E-state index contributed by atoms with van der Waals surface area (Å²) in [7, 11) is 0. The van der Waals surface area contributed by atoms with Gasteiger partial charge in [-0.3, -0.25) is 4.79 Å². The molecule has 0 radical (unpaired) electrons. The highest BCUT2D eigenvalue weighted by atomic mass is 16.7. The summed E-state index contributed by atoms with van der Waals surface area (Å²) in [6.45, 7) is -0.334. The van der Waals surface area contributed by atoms with E-state index < -0.39 is 80.6 Å². The Kier molecular flexibility index (Phi) is 7.27. The average Bonchev–Trinajstić information content (AvgIpc) is 2.60. The Balaban J connectivity index is 2.18. The number of carbonyl (C=O) groups excluding carboxylic acids is 1. The van der Waals surface area contributed by atoms with Crippen LogP contribution in [0.3, 0.4) is 0 Å². The van der Waals surface area contributed by atoms with E-state index in [1.165, 1.54) is 0 Å². The number of aliphatic hydroxyl groups is 7. The molecule has 0 aromatic carbocycles. The molecule has 2 aliphatic heterocycles. The number of carbonyl (C=O) groups is 1. The van der Waals surface area contributed by atoms with Crippen molar-refractivity contribution in [3.8, 4) is 0 Å². The quantitative estimate of drug-likeness (QED) is 0.224. The zero-order chi connectivity index (χ0) is 19.6. The molecule has 0 unspecified atom stereocenters. The number of rotatable bonds is 5. The first-order valence-electron chi connectivity index (χ1n) is 7.96. The van der Waals surface area contributed by atoms with Gasteiger partial charge in [0, 0.05) is 6.92 Å². The molecule has 2 rings (SSSR count). The third-order valence-electron chi connectivity index (χ3n) is 4.26. The first-order chi connectivity index (χ1) is 12.2. The molecule has 2 saturated heterocycles. The van der Waals surface area contributed by atoms with Crippen molar-refractivity contribution < 1.29 is 59.5 Å². The molecule has 0 aromatic heterocycles. The van der Waals surface area contributed by atoms with E-state index in [2.05, 4.69) is 0 Å². The standard InChI is InChI=1S/C14H24O12/c1-4(17)23-12-10(21)8(19)6(3-16)25-14(12)26-11-9(20)7(18)5(2-15)24-13(11)22/h5-16,18-22H,2-3H2,1H3/t5-,6-,7-,8-,9+,10+,11-,12-,13+,14+/m1/s1. The number of hydrogen-bond acceptors (Lipinski definition) is 12. The maximum atomic E-state index is 11.2. The lowest BCUT2D eigenvalue weighted by Crippen LogP contribution is -2.64. The third kappa shape index (κ3) is 4.31. The molecule has 12 heteroatoms. The van der Waals surface area contributed by atoms with Gasteiger partial charge in [0.2, 0.25) is 0 Å². The van der Waals surface area contributed by atoms with Crippen LogP contribution in [-0.2, 0) is 23.7 Å². The van der Waals surface area contributed by atoms with Crippen LogP contribution < -0.4 is 0 Å². The van der Waals surface area contributed by atoms with Crippen LogP contribution in [0, 0.1) is 0 Å². The molecule has 0 bridgehead atoms. The summed E-state index contributed by atoms with van der Waals surface area (Å²) < 4.78 is 20.4. The van der Waals surface area contributed by atoms with Crippen molar-refractivity contribution in [1.82, 2.24) is 0 Å². The van der Waals surface area contributed by atoms with E-state index >= 15 is 0 Å². The van der Waals surface area contributed by atoms with Crippen LogP contribution in [0.1, 0.15) is 6.92 Å². The predicted molar refractivity (Wildman–Crippen MR) is 78.2 cm³/mol. The van der Waals surface area contributed by atoms with Crippen molar-refractivity contribution >= 4 is 5.97 Å². The van der Waals surface area contributed by atoms with Gasteiger partial charge in [-0.2, -0.15) is 0 Å². The van der Waals surface area contributed by atoms with E-state index in [1.54, 1.807) is 0 Å². The van der Waals surface area contributed by atoms with Crippen molar-refractivity contribution in [2.24, 2.45) is 0 Å². The van der Waals surface area contributed by atoms with E-state index in [0.29, 0.717) is 0 Å². The molecular weight excluding hydrogens is 360 g/mol. The largest absolute Gasteiger partial charge is 0.454 e. The lowest BCUT2D eigenvalue weighted by atomic mass is 9.97. The van der Waals surface area contributed by atoms with Gasteiger partial charge in [-0.05, 0) is 0 Å². The lowest BCUT2D eigenvalue weighted by molar-refractivity contribution is -0.362. The van der Waals surface area contributed by atoms with E-state index in [0.717, 1.165) is 6.92 Å². The first kappa shape index (κ1) is 21.4. The summed E-state index contributed by atoms with van der Waals surface area (Å²) in [6, 6.07) is 0. The zero-order valence-corrected chi connectivity index (χ0v) is 13.9. The number of ether oxygens (including phenoxy) is 4. The summed E-state index contributed by atoms with van der Waals surface area (Å²) in [5.74, 6) is -0.831. The molecule has 0 amide bonds. The van der Waals surface area contributed by atoms with Gasteiger partial charge >= 0.3 is 5.97 Å². The fourth-order valence-electron chi connectivity index (χ4n) is 2.86. The summed E-state index contributed by atoms with van der Waals surface area (Å²) >= 11 is 0. The van der Waals surface area contributed by atoms with Crippen molar-refractivity contribution in [1.29, 1.82) is 0 Å². The van der Waals surface area contributed by atoms with Crippen LogP contribution in [0.4, 0.5) is 0 Å². The summed E-state index contributed by atoms with van der Waals surface area (Å²) in [6.07, 6.45) is -15.7. The minimum atomic E-state index is -1.79. The molecular formula is C14H24O12. The number of hydrogen-bond donors (Lipinski definition) is 7. The Bertz CT molecular complexity index is 475. The first-order valence-corrected chi connectivity index (χ1v) is 7.96. The molecule has 2 heterocycles. The molecule has 0 aliphatic carbocycles. The molecule has 7 N–H and O–H groups in total. The van der Waals surface area contributed by atoms with Crippen molar-refractivity contribution in [2.75, 3.05) is 13.2 Å². The summed E-state index contributed by atoms with van der Waals surface area (Å²) in [4.78, 5) is 11.2. The second-order valence-electron chi connectivity index (χ2n) is 6.11. The van der Waals surface area contributed by atoms with Crippen LogP contribution in [0.15, 0.2) is 0 Å². The normalized spacial score (nSPS) is 46.8. The molecule has 2 aliphatic rings. The van der Waals surface area contributed by atoms with Crippen LogP contribution in [0.25, 0.3) is 0 Å². The highest BCUT2D eigenvalue weighted by molar-refractivity contribution is 5.66. The van der Waals surface area contributed by atoms with Gasteiger partial charge in [0.1, 0.15) is 42.7 Å². The van der Waals surface area contributed by atoms with Crippen LogP contribution in [-0.4, -0.2) is 116 Å². The van der Waals surface area contributed by atoms with Crippen LogP contribution in [0.5, 0.6) is 0 Å². The van der Waals surface area contributed by atoms with E-state index in [9.17, 15) is 35.4 Å². The van der Waals surface area contributed by atoms with E-state index in [-0.39, 0.29) is 0 Å². The molecule has 152 valence electrons. The van der Waals surface area contributed by atoms with Gasteiger partial charge < -0.3 is 54.7 Å². The average molecular weight is 384 g/mol. The van der Waals surface area contributed by atoms with E-state index in [1.807, 2.05) is 0 Å². The smallest absolute Gasteiger partial charge is 0.303 e.